The standard InChI is InChI=1S/C8H15N3O2/c1-2-6(9)5-8-10-7(3-4-12)11-13-8/h6,12H,2-5,9H2,1H3. The Morgan fingerprint density at radius 3 is 3.00 bits per heavy atom. The molecule has 3 N–H and O–H groups in total. The van der Waals surface area contributed by atoms with Crippen molar-refractivity contribution in [2.45, 2.75) is 32.2 Å². The second-order valence-corrected chi connectivity index (χ2v) is 2.95. The maximum atomic E-state index is 8.61. The maximum absolute atomic E-state index is 8.61. The largest absolute Gasteiger partial charge is 0.396 e. The van der Waals surface area contributed by atoms with Gasteiger partial charge in [0.05, 0.1) is 6.61 Å². The van der Waals surface area contributed by atoms with Crippen LogP contribution in [0.3, 0.4) is 0 Å². The lowest BCUT2D eigenvalue weighted by Crippen LogP contribution is -2.21. The van der Waals surface area contributed by atoms with E-state index in [-0.39, 0.29) is 12.6 Å². The smallest absolute Gasteiger partial charge is 0.228 e. The first-order valence-corrected chi connectivity index (χ1v) is 4.44. The average molecular weight is 185 g/mol. The lowest BCUT2D eigenvalue weighted by atomic mass is 10.2. The minimum absolute atomic E-state index is 0.0405. The van der Waals surface area contributed by atoms with Gasteiger partial charge in [-0.15, -0.1) is 0 Å². The molecule has 0 aromatic carbocycles. The Morgan fingerprint density at radius 1 is 1.62 bits per heavy atom. The highest BCUT2D eigenvalue weighted by molar-refractivity contribution is 4.88. The first-order valence-electron chi connectivity index (χ1n) is 4.44. The molecule has 0 radical (unpaired) electrons. The highest BCUT2D eigenvalue weighted by atomic mass is 16.5. The SMILES string of the molecule is CCC(N)Cc1nc(CCO)no1. The summed E-state index contributed by atoms with van der Waals surface area (Å²) in [7, 11) is 0. The normalized spacial score (nSPS) is 13.2. The summed E-state index contributed by atoms with van der Waals surface area (Å²) >= 11 is 0. The van der Waals surface area contributed by atoms with E-state index in [0.29, 0.717) is 24.6 Å². The molecule has 1 unspecified atom stereocenters. The van der Waals surface area contributed by atoms with Crippen LogP contribution >= 0.6 is 0 Å². The van der Waals surface area contributed by atoms with Crippen LogP contribution in [0.5, 0.6) is 0 Å². The number of aromatic nitrogens is 2. The van der Waals surface area contributed by atoms with Crippen molar-refractivity contribution in [2.24, 2.45) is 5.73 Å². The van der Waals surface area contributed by atoms with Gasteiger partial charge in [0.2, 0.25) is 5.89 Å². The number of nitrogens with zero attached hydrogens (tertiary/aromatic N) is 2. The van der Waals surface area contributed by atoms with E-state index < -0.39 is 0 Å². The number of aliphatic hydroxyl groups excluding tert-OH is 1. The van der Waals surface area contributed by atoms with Crippen LogP contribution in [0.4, 0.5) is 0 Å². The number of hydrogen-bond acceptors (Lipinski definition) is 5. The van der Waals surface area contributed by atoms with E-state index in [0.717, 1.165) is 6.42 Å². The van der Waals surface area contributed by atoms with Gasteiger partial charge in [-0.3, -0.25) is 0 Å². The fourth-order valence-corrected chi connectivity index (χ4v) is 0.943. The predicted molar refractivity (Wildman–Crippen MR) is 47.1 cm³/mol. The molecule has 0 aliphatic heterocycles. The summed E-state index contributed by atoms with van der Waals surface area (Å²) in [5, 5.41) is 12.3. The molecule has 0 bridgehead atoms. The molecule has 5 heteroatoms. The number of rotatable bonds is 5. The molecule has 0 saturated carbocycles. The van der Waals surface area contributed by atoms with Crippen molar-refractivity contribution in [1.29, 1.82) is 0 Å². The van der Waals surface area contributed by atoms with E-state index in [1.165, 1.54) is 0 Å². The van der Waals surface area contributed by atoms with Crippen LogP contribution in [0.15, 0.2) is 4.52 Å². The van der Waals surface area contributed by atoms with Crippen molar-refractivity contribution in [1.82, 2.24) is 10.1 Å². The van der Waals surface area contributed by atoms with E-state index in [2.05, 4.69) is 10.1 Å². The van der Waals surface area contributed by atoms with Gasteiger partial charge in [0.1, 0.15) is 0 Å². The van der Waals surface area contributed by atoms with Crippen LogP contribution in [0, 0.1) is 0 Å². The molecule has 1 aromatic heterocycles. The Bertz CT molecular complexity index is 249. The monoisotopic (exact) mass is 185 g/mol. The van der Waals surface area contributed by atoms with Gasteiger partial charge in [-0.2, -0.15) is 4.98 Å². The molecule has 0 amide bonds. The molecule has 13 heavy (non-hydrogen) atoms. The summed E-state index contributed by atoms with van der Waals surface area (Å²) in [6.07, 6.45) is 1.93. The van der Waals surface area contributed by atoms with Gasteiger partial charge in [0, 0.05) is 18.9 Å². The lowest BCUT2D eigenvalue weighted by molar-refractivity contribution is 0.292. The molecule has 0 aliphatic carbocycles. The van der Waals surface area contributed by atoms with E-state index >= 15 is 0 Å². The van der Waals surface area contributed by atoms with Crippen LogP contribution in [0.25, 0.3) is 0 Å². The van der Waals surface area contributed by atoms with Crippen LogP contribution < -0.4 is 5.73 Å². The van der Waals surface area contributed by atoms with Gasteiger partial charge in [0.15, 0.2) is 5.82 Å². The second kappa shape index (κ2) is 4.94. The zero-order valence-electron chi connectivity index (χ0n) is 7.73. The second-order valence-electron chi connectivity index (χ2n) is 2.95. The van der Waals surface area contributed by atoms with E-state index in [4.69, 9.17) is 15.4 Å². The van der Waals surface area contributed by atoms with Crippen LogP contribution in [-0.4, -0.2) is 27.9 Å². The zero-order chi connectivity index (χ0) is 9.68. The van der Waals surface area contributed by atoms with Crippen molar-refractivity contribution in [3.63, 3.8) is 0 Å². The zero-order valence-corrected chi connectivity index (χ0v) is 7.73. The maximum Gasteiger partial charge on any atom is 0.228 e. The van der Waals surface area contributed by atoms with Crippen molar-refractivity contribution in [2.75, 3.05) is 6.61 Å². The molecule has 5 nitrogen and oxygen atoms in total. The summed E-state index contributed by atoms with van der Waals surface area (Å²) in [5.41, 5.74) is 5.71. The molecule has 1 heterocycles. The van der Waals surface area contributed by atoms with Crippen molar-refractivity contribution in [3.8, 4) is 0 Å². The fraction of sp³-hybridized carbons (Fsp3) is 0.750. The fourth-order valence-electron chi connectivity index (χ4n) is 0.943. The van der Waals surface area contributed by atoms with Gasteiger partial charge in [0.25, 0.3) is 0 Å². The van der Waals surface area contributed by atoms with Gasteiger partial charge < -0.3 is 15.4 Å². The Kier molecular flexibility index (Phi) is 3.85. The van der Waals surface area contributed by atoms with Crippen LogP contribution in [0.1, 0.15) is 25.1 Å². The van der Waals surface area contributed by atoms with Crippen LogP contribution in [-0.2, 0) is 12.8 Å². The molecule has 0 aliphatic rings. The van der Waals surface area contributed by atoms with Gasteiger partial charge >= 0.3 is 0 Å². The third-order valence-corrected chi connectivity index (χ3v) is 1.81. The Hall–Kier alpha value is -0.940. The molecule has 0 saturated heterocycles. The average Bonchev–Trinajstić information content (AvgIpc) is 2.53. The third kappa shape index (κ3) is 3.12. The summed E-state index contributed by atoms with van der Waals surface area (Å²) in [6.45, 7) is 2.05. The quantitative estimate of drug-likeness (QED) is 0.668. The van der Waals surface area contributed by atoms with Gasteiger partial charge in [-0.05, 0) is 6.42 Å². The minimum Gasteiger partial charge on any atom is -0.396 e. The highest BCUT2D eigenvalue weighted by Crippen LogP contribution is 2.02. The highest BCUT2D eigenvalue weighted by Gasteiger charge is 2.08. The first-order chi connectivity index (χ1) is 6.26. The predicted octanol–water partition coefficient (Wildman–Crippen LogP) is -0.116. The van der Waals surface area contributed by atoms with Gasteiger partial charge in [-0.1, -0.05) is 12.1 Å². The Labute approximate surface area is 76.9 Å². The summed E-state index contributed by atoms with van der Waals surface area (Å²) in [5.74, 6) is 1.10. The number of hydrogen-bond donors (Lipinski definition) is 2. The first kappa shape index (κ1) is 10.1. The topological polar surface area (TPSA) is 85.2 Å². The molecular formula is C8H15N3O2. The molecule has 0 fully saturated rings. The van der Waals surface area contributed by atoms with E-state index in [1.54, 1.807) is 0 Å². The summed E-state index contributed by atoms with van der Waals surface area (Å²) < 4.78 is 4.94. The number of nitrogens with two attached hydrogens (primary N) is 1. The van der Waals surface area contributed by atoms with Crippen LogP contribution in [0.2, 0.25) is 0 Å². The number of aliphatic hydroxyl groups is 1. The molecule has 74 valence electrons. The molecule has 1 rings (SSSR count). The molecule has 1 atom stereocenters. The van der Waals surface area contributed by atoms with Crippen molar-refractivity contribution < 1.29 is 9.63 Å². The molecule has 0 spiro atoms. The lowest BCUT2D eigenvalue weighted by Gasteiger charge is -2.02. The van der Waals surface area contributed by atoms with Gasteiger partial charge in [-0.25, -0.2) is 0 Å². The Balaban J connectivity index is 2.48. The minimum atomic E-state index is 0.0405. The van der Waals surface area contributed by atoms with E-state index in [9.17, 15) is 0 Å². The summed E-state index contributed by atoms with van der Waals surface area (Å²) in [6, 6.07) is 0.0717. The third-order valence-electron chi connectivity index (χ3n) is 1.81. The Morgan fingerprint density at radius 2 is 2.38 bits per heavy atom. The van der Waals surface area contributed by atoms with Crippen molar-refractivity contribution >= 4 is 0 Å². The van der Waals surface area contributed by atoms with Crippen molar-refractivity contribution in [3.05, 3.63) is 11.7 Å². The summed E-state index contributed by atoms with van der Waals surface area (Å²) in [4.78, 5) is 4.07. The molecular weight excluding hydrogens is 170 g/mol. The molecule has 1 aromatic rings. The van der Waals surface area contributed by atoms with E-state index in [1.807, 2.05) is 6.92 Å².